The molecule has 1 amide bonds. The lowest BCUT2D eigenvalue weighted by molar-refractivity contribution is -0.238. The molecule has 0 bridgehead atoms. The predicted molar refractivity (Wildman–Crippen MR) is 136 cm³/mol. The summed E-state index contributed by atoms with van der Waals surface area (Å²) in [5.41, 5.74) is 9.71. The highest BCUT2D eigenvalue weighted by atomic mass is 31.2. The number of aliphatic carboxylic acids is 1. The summed E-state index contributed by atoms with van der Waals surface area (Å²) >= 11 is 0. The van der Waals surface area contributed by atoms with E-state index in [1.807, 2.05) is 0 Å². The van der Waals surface area contributed by atoms with E-state index in [9.17, 15) is 59.6 Å². The van der Waals surface area contributed by atoms with Gasteiger partial charge in [0.15, 0.2) is 6.23 Å². The number of carbonyl (C=O) groups excluding carboxylic acids is 1. The number of carboxylic acids is 1. The molecule has 0 spiro atoms. The third-order valence-electron chi connectivity index (χ3n) is 6.53. The summed E-state index contributed by atoms with van der Waals surface area (Å²) in [6, 6.07) is -0.488. The summed E-state index contributed by atoms with van der Waals surface area (Å²) in [5.74, 6) is -9.18. The number of hydrogen-bond donors (Lipinski definition) is 11. The SMILES string of the molecule is NCC(=O)N[C@@H]1C(O)=C[C@@](OP(=O)(O)OCC2O[C@@H](n3ccc(N)nc3=O)C(O)C2O)(C(=O)O)OC1C(CO)C(O)CO. The zero-order valence-electron chi connectivity index (χ0n) is 22.0. The number of anilines is 1. The topological polar surface area (TPSA) is 349 Å². The summed E-state index contributed by atoms with van der Waals surface area (Å²) < 4.78 is 33.9. The van der Waals surface area contributed by atoms with Crippen LogP contribution in [-0.2, 0) is 32.7 Å². The van der Waals surface area contributed by atoms with Gasteiger partial charge in [0.25, 0.3) is 0 Å². The average Bonchev–Trinajstić information content (AvgIpc) is 3.22. The van der Waals surface area contributed by atoms with Crippen molar-refractivity contribution in [2.45, 2.75) is 48.6 Å². The largest absolute Gasteiger partial charge is 0.510 e. The molecule has 43 heavy (non-hydrogen) atoms. The van der Waals surface area contributed by atoms with Crippen molar-refractivity contribution in [2.75, 3.05) is 32.1 Å². The number of carbonyl (C=O) groups is 2. The van der Waals surface area contributed by atoms with Gasteiger partial charge < -0.3 is 66.9 Å². The van der Waals surface area contributed by atoms with Crippen molar-refractivity contribution >= 4 is 25.5 Å². The maximum absolute atomic E-state index is 12.9. The van der Waals surface area contributed by atoms with Gasteiger partial charge in [0, 0.05) is 18.2 Å². The summed E-state index contributed by atoms with van der Waals surface area (Å²) in [4.78, 5) is 50.1. The molecule has 2 aliphatic rings. The van der Waals surface area contributed by atoms with Crippen molar-refractivity contribution in [2.24, 2.45) is 11.7 Å². The number of nitrogens with one attached hydrogen (secondary N) is 1. The van der Waals surface area contributed by atoms with Crippen molar-refractivity contribution in [3.63, 3.8) is 0 Å². The molecule has 2 aliphatic heterocycles. The second-order valence-corrected chi connectivity index (χ2v) is 10.8. The van der Waals surface area contributed by atoms with Crippen LogP contribution >= 0.6 is 7.82 Å². The fourth-order valence-electron chi connectivity index (χ4n) is 4.34. The van der Waals surface area contributed by atoms with Crippen LogP contribution in [0.2, 0.25) is 0 Å². The van der Waals surface area contributed by atoms with Crippen LogP contribution in [0.15, 0.2) is 28.9 Å². The van der Waals surface area contributed by atoms with Gasteiger partial charge in [-0.2, -0.15) is 4.98 Å². The summed E-state index contributed by atoms with van der Waals surface area (Å²) in [5, 5.41) is 72.7. The van der Waals surface area contributed by atoms with Gasteiger partial charge in [-0.3, -0.25) is 13.9 Å². The molecule has 21 nitrogen and oxygen atoms in total. The van der Waals surface area contributed by atoms with Crippen LogP contribution in [0.3, 0.4) is 0 Å². The molecule has 10 atom stereocenters. The van der Waals surface area contributed by atoms with Gasteiger partial charge >= 0.3 is 25.3 Å². The normalized spacial score (nSPS) is 31.9. The number of phosphoric acid groups is 1. The van der Waals surface area contributed by atoms with E-state index >= 15 is 0 Å². The lowest BCUT2D eigenvalue weighted by atomic mass is 9.88. The van der Waals surface area contributed by atoms with Gasteiger partial charge in [0.05, 0.1) is 38.6 Å². The monoisotopic (exact) mass is 641 g/mol. The highest BCUT2D eigenvalue weighted by Crippen LogP contribution is 2.51. The molecule has 0 aromatic carbocycles. The van der Waals surface area contributed by atoms with Crippen molar-refractivity contribution in [3.8, 4) is 0 Å². The van der Waals surface area contributed by atoms with Gasteiger partial charge in [-0.1, -0.05) is 0 Å². The van der Waals surface area contributed by atoms with E-state index < -0.39 is 112 Å². The number of carboxylic acid groups (broad SMARTS) is 1. The molecule has 242 valence electrons. The van der Waals surface area contributed by atoms with Crippen LogP contribution in [0.25, 0.3) is 0 Å². The average molecular weight is 641 g/mol. The van der Waals surface area contributed by atoms with E-state index in [2.05, 4.69) is 10.3 Å². The van der Waals surface area contributed by atoms with E-state index in [0.29, 0.717) is 6.08 Å². The van der Waals surface area contributed by atoms with Gasteiger partial charge in [-0.05, 0) is 6.07 Å². The molecule has 7 unspecified atom stereocenters. The number of aromatic nitrogens is 2. The lowest BCUT2D eigenvalue weighted by Crippen LogP contribution is -2.61. The minimum atomic E-state index is -5.58. The second kappa shape index (κ2) is 13.7. The van der Waals surface area contributed by atoms with Crippen LogP contribution in [0.5, 0.6) is 0 Å². The number of hydrogen-bond acceptors (Lipinski definition) is 17. The maximum atomic E-state index is 12.9. The first-order chi connectivity index (χ1) is 20.1. The Morgan fingerprint density at radius 3 is 2.49 bits per heavy atom. The number of phosphoric ester groups is 1. The molecule has 22 heteroatoms. The number of nitrogens with zero attached hydrogens (tertiary/aromatic N) is 2. The smallest absolute Gasteiger partial charge is 0.475 e. The molecule has 1 fully saturated rings. The highest BCUT2D eigenvalue weighted by molar-refractivity contribution is 7.47. The Balaban J connectivity index is 1.85. The quantitative estimate of drug-likeness (QED) is 0.0895. The van der Waals surface area contributed by atoms with Gasteiger partial charge in [-0.15, -0.1) is 0 Å². The minimum Gasteiger partial charge on any atom is -0.510 e. The molecule has 3 heterocycles. The first-order valence-corrected chi connectivity index (χ1v) is 13.9. The first kappa shape index (κ1) is 34.4. The zero-order valence-corrected chi connectivity index (χ0v) is 22.9. The zero-order chi connectivity index (χ0) is 32.3. The molecule has 3 rings (SSSR count). The molecule has 1 saturated heterocycles. The predicted octanol–water partition coefficient (Wildman–Crippen LogP) is -5.39. The van der Waals surface area contributed by atoms with Crippen LogP contribution in [0.4, 0.5) is 5.82 Å². The molecule has 1 aromatic heterocycles. The van der Waals surface area contributed by atoms with E-state index in [4.69, 9.17) is 30.0 Å². The number of ether oxygens (including phenoxy) is 2. The molecular formula is C21H32N5O16P. The van der Waals surface area contributed by atoms with Crippen LogP contribution in [-0.4, -0.2) is 131 Å². The third-order valence-corrected chi connectivity index (χ3v) is 7.50. The van der Waals surface area contributed by atoms with Crippen molar-refractivity contribution in [1.29, 1.82) is 0 Å². The van der Waals surface area contributed by atoms with Crippen LogP contribution in [0, 0.1) is 5.92 Å². The number of rotatable bonds is 13. The summed E-state index contributed by atoms with van der Waals surface area (Å²) in [6.07, 6.45) is -9.02. The molecule has 0 aliphatic carbocycles. The minimum absolute atomic E-state index is 0.142. The molecule has 0 saturated carbocycles. The first-order valence-electron chi connectivity index (χ1n) is 12.4. The van der Waals surface area contributed by atoms with Crippen LogP contribution in [0.1, 0.15) is 6.23 Å². The Morgan fingerprint density at radius 1 is 1.26 bits per heavy atom. The summed E-state index contributed by atoms with van der Waals surface area (Å²) in [7, 11) is -5.58. The van der Waals surface area contributed by atoms with Crippen molar-refractivity contribution in [3.05, 3.63) is 34.6 Å². The summed E-state index contributed by atoms with van der Waals surface area (Å²) in [6.45, 7) is -3.65. The third kappa shape index (κ3) is 7.55. The van der Waals surface area contributed by atoms with Gasteiger partial charge in [0.1, 0.15) is 35.9 Å². The molecule has 13 N–H and O–H groups in total. The number of aliphatic hydroxyl groups excluding tert-OH is 6. The molecule has 0 radical (unpaired) electrons. The van der Waals surface area contributed by atoms with E-state index in [1.165, 1.54) is 6.07 Å². The second-order valence-electron chi connectivity index (χ2n) is 9.41. The molecular weight excluding hydrogens is 609 g/mol. The number of amides is 1. The Morgan fingerprint density at radius 2 is 1.93 bits per heavy atom. The Hall–Kier alpha value is -3.05. The van der Waals surface area contributed by atoms with E-state index in [1.54, 1.807) is 0 Å². The fourth-order valence-corrected chi connectivity index (χ4v) is 5.25. The van der Waals surface area contributed by atoms with Crippen LogP contribution < -0.4 is 22.5 Å². The maximum Gasteiger partial charge on any atom is 0.475 e. The Kier molecular flexibility index (Phi) is 11.0. The fraction of sp³-hybridized carbons (Fsp3) is 0.619. The number of aliphatic hydroxyl groups is 6. The molecule has 1 aromatic rings. The van der Waals surface area contributed by atoms with Gasteiger partial charge in [-0.25, -0.2) is 18.7 Å². The standard InChI is InChI=1S/C21H32N5O16P/c22-4-13(31)25-14-9(29)3-21(19(34)35,41-17(14)8(5-27)10(30)6-28)42-43(37,38)39-7-11-15(32)16(33)18(40-11)26-2-1-12(23)24-20(26)36/h1-3,8,10-11,14-18,27-30,32-33H,4-7,22H2,(H,25,31)(H,34,35)(H,37,38)(H2,23,24,36)/t8?,10?,11?,14-,15?,16?,17?,18-,21-/m1/s1. The van der Waals surface area contributed by atoms with Gasteiger partial charge in [0.2, 0.25) is 5.91 Å². The van der Waals surface area contributed by atoms with E-state index in [0.717, 1.165) is 10.8 Å². The Bertz CT molecular complexity index is 1310. The number of nitrogens with two attached hydrogens (primary N) is 2. The van der Waals surface area contributed by atoms with E-state index in [-0.39, 0.29) is 5.82 Å². The van der Waals surface area contributed by atoms with Crippen molar-refractivity contribution in [1.82, 2.24) is 14.9 Å². The lowest BCUT2D eigenvalue weighted by Gasteiger charge is -2.43. The number of nitrogen functional groups attached to an aromatic ring is 1. The Labute approximate surface area is 241 Å². The van der Waals surface area contributed by atoms with Crippen molar-refractivity contribution < 1.29 is 73.3 Å². The highest BCUT2D eigenvalue weighted by Gasteiger charge is 2.56.